The van der Waals surface area contributed by atoms with Crippen molar-refractivity contribution in [2.24, 2.45) is 0 Å². The number of ether oxygens (including phenoxy) is 1. The van der Waals surface area contributed by atoms with E-state index < -0.39 is 0 Å². The predicted octanol–water partition coefficient (Wildman–Crippen LogP) is 4.53. The van der Waals surface area contributed by atoms with E-state index in [9.17, 15) is 0 Å². The highest BCUT2D eigenvalue weighted by Gasteiger charge is 2.42. The fourth-order valence-corrected chi connectivity index (χ4v) is 3.67. The number of nitrogens with zero attached hydrogens (tertiary/aromatic N) is 2. The molecule has 1 fully saturated rings. The normalized spacial score (nSPS) is 21.8. The van der Waals surface area contributed by atoms with Gasteiger partial charge in [-0.2, -0.15) is 0 Å². The summed E-state index contributed by atoms with van der Waals surface area (Å²) in [7, 11) is 0. The van der Waals surface area contributed by atoms with E-state index in [1.54, 1.807) is 0 Å². The first-order valence-corrected chi connectivity index (χ1v) is 8.74. The second kappa shape index (κ2) is 5.88. The first kappa shape index (κ1) is 17.9. The van der Waals surface area contributed by atoms with Gasteiger partial charge in [0.15, 0.2) is 0 Å². The van der Waals surface area contributed by atoms with E-state index >= 15 is 0 Å². The summed E-state index contributed by atoms with van der Waals surface area (Å²) in [6.07, 6.45) is 0. The molecule has 2 rings (SSSR count). The van der Waals surface area contributed by atoms with Crippen molar-refractivity contribution in [2.75, 3.05) is 13.2 Å². The smallest absolute Gasteiger partial charge is 0.106 e. The Morgan fingerprint density at radius 3 is 2.18 bits per heavy atom. The molecule has 124 valence electrons. The number of morpholine rings is 1. The van der Waals surface area contributed by atoms with Crippen LogP contribution in [0.4, 0.5) is 0 Å². The molecule has 0 amide bonds. The summed E-state index contributed by atoms with van der Waals surface area (Å²) in [4.78, 5) is 7.32. The highest BCUT2D eigenvalue weighted by Crippen LogP contribution is 2.35. The zero-order valence-corrected chi connectivity index (χ0v) is 16.5. The molecule has 0 aliphatic carbocycles. The van der Waals surface area contributed by atoms with Crippen molar-refractivity contribution in [1.29, 1.82) is 0 Å². The van der Waals surface area contributed by atoms with Gasteiger partial charge in [-0.3, -0.25) is 4.90 Å². The summed E-state index contributed by atoms with van der Waals surface area (Å²) in [5.74, 6) is 0. The van der Waals surface area contributed by atoms with Gasteiger partial charge in [-0.15, -0.1) is 0 Å². The van der Waals surface area contributed by atoms with Crippen LogP contribution in [0.15, 0.2) is 16.7 Å². The number of pyridine rings is 1. The van der Waals surface area contributed by atoms with E-state index in [0.717, 1.165) is 24.4 Å². The second-order valence-corrected chi connectivity index (χ2v) is 9.41. The fourth-order valence-electron chi connectivity index (χ4n) is 3.37. The first-order valence-electron chi connectivity index (χ1n) is 7.95. The second-order valence-electron chi connectivity index (χ2n) is 8.60. The molecule has 0 aromatic carbocycles. The van der Waals surface area contributed by atoms with Gasteiger partial charge < -0.3 is 4.74 Å². The Kier molecular flexibility index (Phi) is 4.78. The molecule has 3 nitrogen and oxygen atoms in total. The molecule has 22 heavy (non-hydrogen) atoms. The van der Waals surface area contributed by atoms with Crippen LogP contribution in [0.3, 0.4) is 0 Å². The van der Waals surface area contributed by atoms with Crippen molar-refractivity contribution in [3.8, 4) is 0 Å². The molecule has 0 bridgehead atoms. The molecule has 0 radical (unpaired) electrons. The third-order valence-electron chi connectivity index (χ3n) is 4.36. The molecular weight excluding hydrogens is 340 g/mol. The fraction of sp³-hybridized carbons (Fsp3) is 0.722. The molecule has 1 aliphatic rings. The molecule has 0 spiro atoms. The Hall–Kier alpha value is -0.450. The zero-order chi connectivity index (χ0) is 16.8. The van der Waals surface area contributed by atoms with Gasteiger partial charge in [0, 0.05) is 23.0 Å². The van der Waals surface area contributed by atoms with Crippen LogP contribution < -0.4 is 0 Å². The van der Waals surface area contributed by atoms with Gasteiger partial charge in [0.2, 0.25) is 0 Å². The molecule has 0 saturated carbocycles. The molecule has 1 aromatic heterocycles. The van der Waals surface area contributed by atoms with Crippen molar-refractivity contribution in [3.05, 3.63) is 28.0 Å². The van der Waals surface area contributed by atoms with E-state index in [0.29, 0.717) is 0 Å². The highest BCUT2D eigenvalue weighted by molar-refractivity contribution is 9.10. The Balaban J connectivity index is 2.41. The van der Waals surface area contributed by atoms with Gasteiger partial charge in [-0.25, -0.2) is 4.98 Å². The lowest BCUT2D eigenvalue weighted by atomic mass is 9.86. The Morgan fingerprint density at radius 1 is 1.14 bits per heavy atom. The number of hydrogen-bond donors (Lipinski definition) is 0. The minimum Gasteiger partial charge on any atom is -0.378 e. The quantitative estimate of drug-likeness (QED) is 0.716. The maximum absolute atomic E-state index is 5.82. The van der Waals surface area contributed by atoms with Crippen molar-refractivity contribution >= 4 is 15.9 Å². The molecule has 0 N–H and O–H groups in total. The van der Waals surface area contributed by atoms with Crippen LogP contribution in [0.25, 0.3) is 0 Å². The van der Waals surface area contributed by atoms with Crippen LogP contribution in [0.1, 0.15) is 59.7 Å². The largest absolute Gasteiger partial charge is 0.378 e. The molecule has 4 heteroatoms. The molecule has 1 saturated heterocycles. The third-order valence-corrected chi connectivity index (χ3v) is 4.80. The molecule has 2 heterocycles. The van der Waals surface area contributed by atoms with E-state index in [4.69, 9.17) is 9.72 Å². The molecule has 0 unspecified atom stereocenters. The summed E-state index contributed by atoms with van der Waals surface area (Å²) in [6, 6.07) is 4.25. The van der Waals surface area contributed by atoms with E-state index in [1.807, 2.05) is 6.07 Å². The van der Waals surface area contributed by atoms with Crippen LogP contribution >= 0.6 is 15.9 Å². The van der Waals surface area contributed by atoms with Crippen molar-refractivity contribution in [3.63, 3.8) is 0 Å². The Bertz CT molecular complexity index is 531. The monoisotopic (exact) mass is 368 g/mol. The summed E-state index contributed by atoms with van der Waals surface area (Å²) >= 11 is 3.51. The number of halogens is 1. The van der Waals surface area contributed by atoms with Crippen LogP contribution in [-0.2, 0) is 16.7 Å². The van der Waals surface area contributed by atoms with Gasteiger partial charge in [0.25, 0.3) is 0 Å². The molecular formula is C18H29BrN2O. The highest BCUT2D eigenvalue weighted by atomic mass is 79.9. The van der Waals surface area contributed by atoms with Crippen LogP contribution in [0.5, 0.6) is 0 Å². The lowest BCUT2D eigenvalue weighted by Gasteiger charge is -2.52. The van der Waals surface area contributed by atoms with Crippen molar-refractivity contribution in [1.82, 2.24) is 9.88 Å². The summed E-state index contributed by atoms with van der Waals surface area (Å²) < 4.78 is 6.72. The average molecular weight is 369 g/mol. The Morgan fingerprint density at radius 2 is 1.68 bits per heavy atom. The van der Waals surface area contributed by atoms with Crippen molar-refractivity contribution < 1.29 is 4.74 Å². The lowest BCUT2D eigenvalue weighted by molar-refractivity contribution is -0.131. The summed E-state index contributed by atoms with van der Waals surface area (Å²) in [5, 5.41) is 0. The minimum atomic E-state index is 0.0178. The number of aromatic nitrogens is 1. The number of rotatable bonds is 2. The predicted molar refractivity (Wildman–Crippen MR) is 95.2 cm³/mol. The molecule has 0 atom stereocenters. The van der Waals surface area contributed by atoms with E-state index in [2.05, 4.69) is 75.4 Å². The van der Waals surface area contributed by atoms with Crippen molar-refractivity contribution in [2.45, 2.75) is 71.5 Å². The van der Waals surface area contributed by atoms with Crippen LogP contribution in [0.2, 0.25) is 0 Å². The maximum atomic E-state index is 5.82. The third kappa shape index (κ3) is 3.72. The van der Waals surface area contributed by atoms with Gasteiger partial charge in [-0.1, -0.05) is 26.8 Å². The topological polar surface area (TPSA) is 25.4 Å². The van der Waals surface area contributed by atoms with Crippen LogP contribution in [0, 0.1) is 0 Å². The lowest BCUT2D eigenvalue weighted by Crippen LogP contribution is -2.63. The van der Waals surface area contributed by atoms with E-state index in [-0.39, 0.29) is 16.5 Å². The maximum Gasteiger partial charge on any atom is 0.106 e. The van der Waals surface area contributed by atoms with Crippen LogP contribution in [-0.4, -0.2) is 34.2 Å². The Labute approximate surface area is 143 Å². The van der Waals surface area contributed by atoms with Gasteiger partial charge in [-0.05, 0) is 55.3 Å². The SMILES string of the molecule is CC(C)(C)c1nc(Br)ccc1CN1C(C)(C)COCC1(C)C. The average Bonchev–Trinajstić information content (AvgIpc) is 2.33. The number of hydrogen-bond acceptors (Lipinski definition) is 3. The van der Waals surface area contributed by atoms with E-state index in [1.165, 1.54) is 11.3 Å². The first-order chi connectivity index (χ1) is 9.93. The van der Waals surface area contributed by atoms with Gasteiger partial charge >= 0.3 is 0 Å². The molecule has 1 aromatic rings. The minimum absolute atomic E-state index is 0.0178. The summed E-state index contributed by atoms with van der Waals surface area (Å²) in [6.45, 7) is 18.1. The van der Waals surface area contributed by atoms with Gasteiger partial charge in [0.05, 0.1) is 18.9 Å². The summed E-state index contributed by atoms with van der Waals surface area (Å²) in [5.41, 5.74) is 2.53. The molecule has 1 aliphatic heterocycles. The zero-order valence-electron chi connectivity index (χ0n) is 15.0. The van der Waals surface area contributed by atoms with Gasteiger partial charge in [0.1, 0.15) is 4.60 Å². The standard InChI is InChI=1S/C18H29BrN2O/c1-16(2,3)15-13(8-9-14(19)20-15)10-21-17(4,5)11-22-12-18(21,6)7/h8-9H,10-12H2,1-7H3.